The van der Waals surface area contributed by atoms with Crippen LogP contribution in [0, 0.1) is 13.8 Å². The number of rotatable bonds is 12. The molecule has 0 aromatic heterocycles. The summed E-state index contributed by atoms with van der Waals surface area (Å²) in [5.74, 6) is -0.342. The molecule has 216 valence electrons. The molecule has 0 saturated carbocycles. The third kappa shape index (κ3) is 8.05. The van der Waals surface area contributed by atoms with Gasteiger partial charge >= 0.3 is 0 Å². The topological polar surface area (TPSA) is 117 Å². The zero-order chi connectivity index (χ0) is 30.0. The summed E-state index contributed by atoms with van der Waals surface area (Å²) < 4.78 is 33.7. The number of ether oxygens (including phenoxy) is 1. The number of hydrogen-bond acceptors (Lipinski definition) is 6. The third-order valence-electron chi connectivity index (χ3n) is 6.45. The minimum atomic E-state index is -4.02. The van der Waals surface area contributed by atoms with Crippen molar-refractivity contribution in [2.45, 2.75) is 25.3 Å². The maximum absolute atomic E-state index is 13.5. The van der Waals surface area contributed by atoms with Gasteiger partial charge in [-0.3, -0.25) is 13.9 Å². The van der Waals surface area contributed by atoms with Gasteiger partial charge in [0.2, 0.25) is 0 Å². The minimum Gasteiger partial charge on any atom is -0.484 e. The van der Waals surface area contributed by atoms with Gasteiger partial charge in [0.1, 0.15) is 12.3 Å². The first kappa shape index (κ1) is 30.0. The van der Waals surface area contributed by atoms with E-state index in [0.29, 0.717) is 23.5 Å². The van der Waals surface area contributed by atoms with E-state index in [2.05, 4.69) is 15.8 Å². The van der Waals surface area contributed by atoms with Gasteiger partial charge in [-0.05, 0) is 78.6 Å². The van der Waals surface area contributed by atoms with Gasteiger partial charge in [-0.2, -0.15) is 5.10 Å². The fraction of sp³-hybridized carbons (Fsp3) is 0.156. The molecule has 2 amide bonds. The quantitative estimate of drug-likeness (QED) is 0.190. The number of sulfonamides is 1. The molecule has 4 aromatic rings. The van der Waals surface area contributed by atoms with Crippen LogP contribution in [0.4, 0.5) is 5.69 Å². The van der Waals surface area contributed by atoms with Gasteiger partial charge in [0.05, 0.1) is 16.8 Å². The number of benzene rings is 4. The highest BCUT2D eigenvalue weighted by Gasteiger charge is 2.28. The number of carbonyl (C=O) groups excluding carboxylic acids is 2. The lowest BCUT2D eigenvalue weighted by Crippen LogP contribution is -2.40. The van der Waals surface area contributed by atoms with Crippen molar-refractivity contribution in [3.05, 3.63) is 125 Å². The van der Waals surface area contributed by atoms with Crippen LogP contribution in [-0.2, 0) is 26.2 Å². The van der Waals surface area contributed by atoms with Gasteiger partial charge in [-0.1, -0.05) is 60.7 Å². The lowest BCUT2D eigenvalue weighted by atomic mass is 10.1. The zero-order valence-corrected chi connectivity index (χ0v) is 24.2. The molecular weight excluding hydrogens is 552 g/mol. The Bertz CT molecular complexity index is 1640. The molecule has 2 N–H and O–H groups in total. The van der Waals surface area contributed by atoms with Gasteiger partial charge in [0, 0.05) is 6.54 Å². The van der Waals surface area contributed by atoms with Crippen LogP contribution >= 0.6 is 0 Å². The molecule has 0 radical (unpaired) electrons. The summed E-state index contributed by atoms with van der Waals surface area (Å²) in [5.41, 5.74) is 6.15. The van der Waals surface area contributed by atoms with E-state index in [0.717, 1.165) is 21.0 Å². The van der Waals surface area contributed by atoms with Crippen molar-refractivity contribution in [3.8, 4) is 5.75 Å². The number of hydrazone groups is 1. The standard InChI is InChI=1S/C32H32N4O5S/c1-24-10-9-15-30(25(24)2)36(42(39,40)29-13-7-4-8-14-29)22-31(37)35-34-21-27-16-18-28(19-17-27)41-23-32(38)33-20-26-11-5-3-6-12-26/h3-19,21H,20,22-23H2,1-2H3,(H,33,38)(H,35,37)/b34-21+. The van der Waals surface area contributed by atoms with E-state index in [4.69, 9.17) is 4.74 Å². The predicted octanol–water partition coefficient (Wildman–Crippen LogP) is 4.34. The van der Waals surface area contributed by atoms with Crippen molar-refractivity contribution in [3.63, 3.8) is 0 Å². The Morgan fingerprint density at radius 2 is 1.50 bits per heavy atom. The maximum atomic E-state index is 13.5. The molecule has 0 aliphatic heterocycles. The van der Waals surface area contributed by atoms with Crippen LogP contribution in [-0.4, -0.2) is 39.6 Å². The molecule has 42 heavy (non-hydrogen) atoms. The summed E-state index contributed by atoms with van der Waals surface area (Å²) >= 11 is 0. The SMILES string of the molecule is Cc1cccc(N(CC(=O)N/N=C/c2ccc(OCC(=O)NCc3ccccc3)cc2)S(=O)(=O)c2ccccc2)c1C. The molecule has 0 aliphatic rings. The first-order valence-electron chi connectivity index (χ1n) is 13.2. The average Bonchev–Trinajstić information content (AvgIpc) is 3.01. The average molecular weight is 585 g/mol. The number of nitrogens with one attached hydrogen (secondary N) is 2. The Hall–Kier alpha value is -4.96. The van der Waals surface area contributed by atoms with Gasteiger partial charge in [0.25, 0.3) is 21.8 Å². The van der Waals surface area contributed by atoms with Crippen molar-refractivity contribution in [2.24, 2.45) is 5.10 Å². The summed E-state index contributed by atoms with van der Waals surface area (Å²) in [6, 6.07) is 29.7. The Labute approximate surface area is 245 Å². The van der Waals surface area contributed by atoms with Crippen LogP contribution in [0.15, 0.2) is 113 Å². The van der Waals surface area contributed by atoms with Gasteiger partial charge in [-0.25, -0.2) is 13.8 Å². The largest absolute Gasteiger partial charge is 0.484 e. The molecule has 0 spiro atoms. The Balaban J connectivity index is 1.34. The van der Waals surface area contributed by atoms with E-state index in [1.807, 2.05) is 50.2 Å². The molecular formula is C32H32N4O5S. The first-order valence-corrected chi connectivity index (χ1v) is 14.7. The number of carbonyl (C=O) groups is 2. The summed E-state index contributed by atoms with van der Waals surface area (Å²) in [6.45, 7) is 3.54. The van der Waals surface area contributed by atoms with E-state index < -0.39 is 22.5 Å². The first-order chi connectivity index (χ1) is 20.2. The van der Waals surface area contributed by atoms with Crippen LogP contribution in [0.1, 0.15) is 22.3 Å². The summed E-state index contributed by atoms with van der Waals surface area (Å²) in [5, 5.41) is 6.79. The van der Waals surface area contributed by atoms with Crippen molar-refractivity contribution in [2.75, 3.05) is 17.5 Å². The molecule has 0 atom stereocenters. The van der Waals surface area contributed by atoms with Crippen LogP contribution in [0.3, 0.4) is 0 Å². The molecule has 0 fully saturated rings. The minimum absolute atomic E-state index is 0.0817. The highest BCUT2D eigenvalue weighted by Crippen LogP contribution is 2.28. The fourth-order valence-electron chi connectivity index (χ4n) is 4.02. The van der Waals surface area contributed by atoms with Gasteiger partial charge < -0.3 is 10.1 Å². The second-order valence-corrected chi connectivity index (χ2v) is 11.3. The number of amides is 2. The fourth-order valence-corrected chi connectivity index (χ4v) is 5.52. The number of nitrogens with zero attached hydrogens (tertiary/aromatic N) is 2. The third-order valence-corrected chi connectivity index (χ3v) is 8.22. The van der Waals surface area contributed by atoms with Crippen molar-refractivity contribution in [1.29, 1.82) is 0 Å². The highest BCUT2D eigenvalue weighted by molar-refractivity contribution is 7.92. The molecule has 4 rings (SSSR count). The smallest absolute Gasteiger partial charge is 0.264 e. The Kier molecular flexibility index (Phi) is 10.1. The molecule has 9 nitrogen and oxygen atoms in total. The molecule has 0 bridgehead atoms. The number of anilines is 1. The molecule has 0 unspecified atom stereocenters. The van der Waals surface area contributed by atoms with Crippen molar-refractivity contribution in [1.82, 2.24) is 10.7 Å². The molecule has 10 heteroatoms. The van der Waals surface area contributed by atoms with E-state index in [1.165, 1.54) is 18.3 Å². The maximum Gasteiger partial charge on any atom is 0.264 e. The lowest BCUT2D eigenvalue weighted by Gasteiger charge is -2.26. The molecule has 4 aromatic carbocycles. The van der Waals surface area contributed by atoms with Gasteiger partial charge in [-0.15, -0.1) is 0 Å². The normalized spacial score (nSPS) is 11.2. The van der Waals surface area contributed by atoms with Crippen LogP contribution in [0.2, 0.25) is 0 Å². The van der Waals surface area contributed by atoms with E-state index in [-0.39, 0.29) is 17.4 Å². The number of hydrogen-bond donors (Lipinski definition) is 2. The molecule has 0 saturated heterocycles. The van der Waals surface area contributed by atoms with Crippen molar-refractivity contribution < 1.29 is 22.7 Å². The summed E-state index contributed by atoms with van der Waals surface area (Å²) in [4.78, 5) is 25.0. The second-order valence-electron chi connectivity index (χ2n) is 9.46. The van der Waals surface area contributed by atoms with Crippen LogP contribution in [0.5, 0.6) is 5.75 Å². The van der Waals surface area contributed by atoms with Crippen LogP contribution in [0.25, 0.3) is 0 Å². The monoisotopic (exact) mass is 584 g/mol. The summed E-state index contributed by atoms with van der Waals surface area (Å²) in [7, 11) is -4.02. The van der Waals surface area contributed by atoms with E-state index >= 15 is 0 Å². The number of aryl methyl sites for hydroxylation is 1. The summed E-state index contributed by atoms with van der Waals surface area (Å²) in [6.07, 6.45) is 1.43. The highest BCUT2D eigenvalue weighted by atomic mass is 32.2. The Morgan fingerprint density at radius 1 is 0.833 bits per heavy atom. The molecule has 0 heterocycles. The Morgan fingerprint density at radius 3 is 2.19 bits per heavy atom. The molecule has 0 aliphatic carbocycles. The second kappa shape index (κ2) is 14.1. The van der Waals surface area contributed by atoms with Gasteiger partial charge in [0.15, 0.2) is 6.61 Å². The van der Waals surface area contributed by atoms with Crippen LogP contribution < -0.4 is 19.8 Å². The van der Waals surface area contributed by atoms with E-state index in [9.17, 15) is 18.0 Å². The predicted molar refractivity (Wildman–Crippen MR) is 163 cm³/mol. The van der Waals surface area contributed by atoms with E-state index in [1.54, 1.807) is 54.6 Å². The van der Waals surface area contributed by atoms with Crippen molar-refractivity contribution >= 4 is 33.7 Å². The zero-order valence-electron chi connectivity index (χ0n) is 23.4. The lowest BCUT2D eigenvalue weighted by molar-refractivity contribution is -0.123.